The fourth-order valence-corrected chi connectivity index (χ4v) is 6.45. The second-order valence-electron chi connectivity index (χ2n) is 11.7. The van der Waals surface area contributed by atoms with Crippen molar-refractivity contribution in [3.8, 4) is 6.07 Å². The van der Waals surface area contributed by atoms with Gasteiger partial charge in [0.25, 0.3) is 5.91 Å². The van der Waals surface area contributed by atoms with Crippen molar-refractivity contribution in [1.29, 1.82) is 5.26 Å². The van der Waals surface area contributed by atoms with Gasteiger partial charge in [-0.05, 0) is 53.8 Å². The largest absolute Gasteiger partial charge is 0.480 e. The van der Waals surface area contributed by atoms with Crippen LogP contribution >= 0.6 is 23.2 Å². The van der Waals surface area contributed by atoms with E-state index in [-0.39, 0.29) is 44.4 Å². The second-order valence-corrected chi connectivity index (χ2v) is 12.5. The van der Waals surface area contributed by atoms with Gasteiger partial charge >= 0.3 is 5.97 Å². The van der Waals surface area contributed by atoms with E-state index in [0.29, 0.717) is 0 Å². The van der Waals surface area contributed by atoms with Crippen molar-refractivity contribution >= 4 is 46.7 Å². The monoisotopic (exact) mass is 628 g/mol. The summed E-state index contributed by atoms with van der Waals surface area (Å²) in [4.78, 5) is 39.5. The molecule has 43 heavy (non-hydrogen) atoms. The van der Waals surface area contributed by atoms with E-state index in [1.807, 2.05) is 20.8 Å². The zero-order valence-corrected chi connectivity index (χ0v) is 24.9. The number of rotatable bonds is 7. The molecular weight excluding hydrogens is 601 g/mol. The molecule has 5 N–H and O–H groups in total. The van der Waals surface area contributed by atoms with Crippen molar-refractivity contribution in [3.05, 3.63) is 98.5 Å². The maximum atomic E-state index is 16.0. The normalized spacial score (nSPS) is 21.8. The number of anilines is 1. The average molecular weight is 629 g/mol. The van der Waals surface area contributed by atoms with Crippen LogP contribution in [0.2, 0.25) is 10.0 Å². The summed E-state index contributed by atoms with van der Waals surface area (Å²) in [6, 6.07) is 10.4. The highest BCUT2D eigenvalue weighted by molar-refractivity contribution is 6.31. The van der Waals surface area contributed by atoms with Gasteiger partial charge in [0.15, 0.2) is 0 Å². The molecule has 2 amide bonds. The van der Waals surface area contributed by atoms with E-state index in [4.69, 9.17) is 34.7 Å². The smallest absolute Gasteiger partial charge is 0.327 e. The summed E-state index contributed by atoms with van der Waals surface area (Å²) in [5.41, 5.74) is 7.56. The number of aliphatic carboxylic acids is 1. The molecule has 0 aromatic heterocycles. The predicted octanol–water partition coefficient (Wildman–Crippen LogP) is 5.79. The van der Waals surface area contributed by atoms with E-state index < -0.39 is 58.2 Å². The van der Waals surface area contributed by atoms with Gasteiger partial charge in [-0.15, -0.1) is 0 Å². The van der Waals surface area contributed by atoms with Gasteiger partial charge < -0.3 is 21.5 Å². The van der Waals surface area contributed by atoms with Gasteiger partial charge in [-0.25, -0.2) is 13.6 Å². The van der Waals surface area contributed by atoms with Crippen molar-refractivity contribution < 1.29 is 28.3 Å². The second kappa shape index (κ2) is 11.5. The van der Waals surface area contributed by atoms with Crippen LogP contribution in [-0.4, -0.2) is 35.0 Å². The van der Waals surface area contributed by atoms with E-state index in [0.717, 1.165) is 6.07 Å². The van der Waals surface area contributed by atoms with Crippen molar-refractivity contribution in [2.45, 2.75) is 50.6 Å². The third kappa shape index (κ3) is 5.51. The molecule has 1 saturated heterocycles. The summed E-state index contributed by atoms with van der Waals surface area (Å²) in [6.07, 6.45) is 0.0318. The van der Waals surface area contributed by atoms with Crippen molar-refractivity contribution in [2.75, 3.05) is 4.90 Å². The molecule has 0 aliphatic carbocycles. The molecule has 1 fully saturated rings. The van der Waals surface area contributed by atoms with Crippen LogP contribution in [0.15, 0.2) is 54.6 Å². The third-order valence-electron chi connectivity index (χ3n) is 7.73. The Kier molecular flexibility index (Phi) is 8.47. The zero-order chi connectivity index (χ0) is 32.0. The van der Waals surface area contributed by atoms with Gasteiger partial charge in [-0.2, -0.15) is 5.26 Å². The lowest BCUT2D eigenvalue weighted by Gasteiger charge is -2.40. The highest BCUT2D eigenvalue weighted by Crippen LogP contribution is 2.58. The molecule has 0 unspecified atom stereocenters. The van der Waals surface area contributed by atoms with E-state index in [2.05, 4.69) is 6.07 Å². The number of halogens is 4. The summed E-state index contributed by atoms with van der Waals surface area (Å²) in [6.45, 7) is 5.47. The molecule has 0 saturated carbocycles. The number of nitrogens with zero attached hydrogens (tertiary/aromatic N) is 2. The predicted molar refractivity (Wildman–Crippen MR) is 158 cm³/mol. The van der Waals surface area contributed by atoms with Crippen LogP contribution in [0.25, 0.3) is 0 Å². The molecule has 3 aromatic rings. The number of hydrogen-bond acceptors (Lipinski definition) is 5. The summed E-state index contributed by atoms with van der Waals surface area (Å²) in [5, 5.41) is 21.6. The third-order valence-corrected chi connectivity index (χ3v) is 8.26. The lowest BCUT2D eigenvalue weighted by molar-refractivity contribution is -0.138. The highest BCUT2D eigenvalue weighted by Gasteiger charge is 2.65. The minimum Gasteiger partial charge on any atom is -0.480 e. The van der Waals surface area contributed by atoms with Crippen LogP contribution < -0.4 is 16.4 Å². The molecule has 1 aliphatic heterocycles. The summed E-state index contributed by atoms with van der Waals surface area (Å²) < 4.78 is 31.9. The van der Waals surface area contributed by atoms with Gasteiger partial charge in [0.1, 0.15) is 23.1 Å². The number of carboxylic acid groups (broad SMARTS) is 1. The molecule has 1 aliphatic rings. The molecular formula is C31H28Cl2F2N4O4. The van der Waals surface area contributed by atoms with Gasteiger partial charge in [-0.3, -0.25) is 9.59 Å². The van der Waals surface area contributed by atoms with Crippen molar-refractivity contribution in [2.24, 2.45) is 16.9 Å². The molecule has 0 bridgehead atoms. The van der Waals surface area contributed by atoms with Gasteiger partial charge in [-0.1, -0.05) is 62.2 Å². The number of hydrogen-bond donors (Lipinski definition) is 3. The Labute approximate surface area is 256 Å². The molecule has 1 heterocycles. The van der Waals surface area contributed by atoms with Gasteiger partial charge in [0.05, 0.1) is 28.4 Å². The first-order valence-electron chi connectivity index (χ1n) is 13.1. The summed E-state index contributed by atoms with van der Waals surface area (Å²) in [7, 11) is 0. The number of carbonyl (C=O) groups is 3. The molecule has 4 rings (SSSR count). The first kappa shape index (κ1) is 31.7. The van der Waals surface area contributed by atoms with Gasteiger partial charge in [0, 0.05) is 22.1 Å². The van der Waals surface area contributed by atoms with E-state index in [9.17, 15) is 24.8 Å². The van der Waals surface area contributed by atoms with E-state index in [1.54, 1.807) is 0 Å². The Balaban J connectivity index is 2.26. The molecule has 0 radical (unpaired) electrons. The Morgan fingerprint density at radius 2 is 1.72 bits per heavy atom. The SMILES string of the molecule is CC(C)(C)C[C@H]1N(c2cc(C(N)=O)ccc2C(N)=O)[C@H](C(=O)O)[C@@H](c2cccc(Cl)c2F)[C@]1(C#N)c1ccc(Cl)cc1F. The standard InChI is InChI=1S/C31H28Cl2F2N4O4/c1-30(2,3)13-23-31(14-36,19-10-8-16(32)12-21(19)34)24(18-5-4-6-20(33)25(18)35)26(29(42)43)39(23)22-11-15(27(37)40)7-9-17(22)28(38)41/h4-12,23-24,26H,13H2,1-3H3,(H2,37,40)(H2,38,41)(H,42,43)/t23-,24-,26+,31-/m1/s1. The Morgan fingerprint density at radius 1 is 1.05 bits per heavy atom. The fourth-order valence-electron chi connectivity index (χ4n) is 6.11. The van der Waals surface area contributed by atoms with Crippen molar-refractivity contribution in [1.82, 2.24) is 0 Å². The summed E-state index contributed by atoms with van der Waals surface area (Å²) in [5.74, 6) is -6.89. The molecule has 3 aromatic carbocycles. The van der Waals surface area contributed by atoms with Crippen molar-refractivity contribution in [3.63, 3.8) is 0 Å². The Bertz CT molecular complexity index is 1690. The maximum Gasteiger partial charge on any atom is 0.327 e. The van der Waals surface area contributed by atoms with Crippen LogP contribution in [0.3, 0.4) is 0 Å². The maximum absolute atomic E-state index is 16.0. The first-order valence-corrected chi connectivity index (χ1v) is 13.9. The lowest BCUT2D eigenvalue weighted by Crippen LogP contribution is -2.48. The minimum absolute atomic E-state index is 0.0157. The molecule has 224 valence electrons. The Morgan fingerprint density at radius 3 is 2.26 bits per heavy atom. The number of nitrogens with two attached hydrogens (primary N) is 2. The molecule has 0 spiro atoms. The zero-order valence-electron chi connectivity index (χ0n) is 23.4. The molecule has 8 nitrogen and oxygen atoms in total. The quantitative estimate of drug-likeness (QED) is 0.301. The minimum atomic E-state index is -2.12. The number of primary amides is 2. The number of nitriles is 1. The topological polar surface area (TPSA) is 151 Å². The van der Waals surface area contributed by atoms with Crippen LogP contribution in [0, 0.1) is 28.4 Å². The number of carboxylic acids is 1. The van der Waals surface area contributed by atoms with Crippen LogP contribution in [-0.2, 0) is 10.2 Å². The van der Waals surface area contributed by atoms with E-state index >= 15 is 8.78 Å². The number of amides is 2. The van der Waals surface area contributed by atoms with Crippen LogP contribution in [0.1, 0.15) is 65.0 Å². The fraction of sp³-hybridized carbons (Fsp3) is 0.290. The Hall–Kier alpha value is -4.20. The first-order chi connectivity index (χ1) is 20.0. The summed E-state index contributed by atoms with van der Waals surface area (Å²) >= 11 is 12.2. The highest BCUT2D eigenvalue weighted by atomic mass is 35.5. The van der Waals surface area contributed by atoms with Crippen LogP contribution in [0.4, 0.5) is 14.5 Å². The molecule has 4 atom stereocenters. The van der Waals surface area contributed by atoms with E-state index in [1.165, 1.54) is 53.4 Å². The number of benzene rings is 3. The molecule has 12 heteroatoms. The van der Waals surface area contributed by atoms with Crippen LogP contribution in [0.5, 0.6) is 0 Å². The lowest BCUT2D eigenvalue weighted by atomic mass is 9.62. The average Bonchev–Trinajstić information content (AvgIpc) is 3.19. The number of carbonyl (C=O) groups excluding carboxylic acids is 2. The van der Waals surface area contributed by atoms with Gasteiger partial charge in [0.2, 0.25) is 5.91 Å².